The van der Waals surface area contributed by atoms with Crippen LogP contribution in [0.2, 0.25) is 0 Å². The molecule has 0 amide bonds. The maximum absolute atomic E-state index is 3.47. The Labute approximate surface area is 107 Å². The number of likely N-dealkylation sites (tertiary alicyclic amines) is 1. The van der Waals surface area contributed by atoms with Crippen LogP contribution in [-0.2, 0) is 0 Å². The van der Waals surface area contributed by atoms with E-state index in [0.717, 1.165) is 6.54 Å². The van der Waals surface area contributed by atoms with E-state index in [0.29, 0.717) is 6.04 Å². The first-order valence-electron chi connectivity index (χ1n) is 5.75. The molecule has 2 nitrogen and oxygen atoms in total. The van der Waals surface area contributed by atoms with Crippen molar-refractivity contribution in [2.24, 2.45) is 0 Å². The number of hydrogen-bond donors (Lipinski definition) is 1. The van der Waals surface area contributed by atoms with Gasteiger partial charge in [-0.25, -0.2) is 0 Å². The van der Waals surface area contributed by atoms with Crippen LogP contribution < -0.4 is 5.32 Å². The summed E-state index contributed by atoms with van der Waals surface area (Å²) < 4.78 is 0. The molecule has 0 bridgehead atoms. The van der Waals surface area contributed by atoms with Gasteiger partial charge in [0.1, 0.15) is 0 Å². The molecule has 0 radical (unpaired) electrons. The Kier molecular flexibility index (Phi) is 13.1. The Morgan fingerprint density at radius 1 is 1.00 bits per heavy atom. The van der Waals surface area contributed by atoms with E-state index in [1.165, 1.54) is 45.3 Å². The van der Waals surface area contributed by atoms with Gasteiger partial charge in [0, 0.05) is 19.1 Å². The van der Waals surface area contributed by atoms with Crippen molar-refractivity contribution < 1.29 is 0 Å². The van der Waals surface area contributed by atoms with E-state index in [1.807, 2.05) is 0 Å². The van der Waals surface area contributed by atoms with Crippen molar-refractivity contribution in [3.63, 3.8) is 0 Å². The number of halogens is 2. The Bertz CT molecular complexity index is 124. The van der Waals surface area contributed by atoms with Crippen molar-refractivity contribution in [2.75, 3.05) is 26.2 Å². The van der Waals surface area contributed by atoms with Gasteiger partial charge in [-0.3, -0.25) is 0 Å². The second-order valence-corrected chi connectivity index (χ2v) is 4.36. The van der Waals surface area contributed by atoms with Gasteiger partial charge in [-0.1, -0.05) is 26.7 Å². The van der Waals surface area contributed by atoms with Gasteiger partial charge in [-0.05, 0) is 25.9 Å². The SMILES string of the molecule is CC(C)NCCN1CCCCCC1.Cl.Cl. The lowest BCUT2D eigenvalue weighted by Gasteiger charge is -2.20. The van der Waals surface area contributed by atoms with Gasteiger partial charge < -0.3 is 10.2 Å². The molecule has 15 heavy (non-hydrogen) atoms. The van der Waals surface area contributed by atoms with Gasteiger partial charge in [0.2, 0.25) is 0 Å². The summed E-state index contributed by atoms with van der Waals surface area (Å²) in [5.74, 6) is 0. The van der Waals surface area contributed by atoms with E-state index in [-0.39, 0.29) is 24.8 Å². The molecule has 0 aromatic heterocycles. The number of nitrogens with one attached hydrogen (secondary N) is 1. The van der Waals surface area contributed by atoms with E-state index in [4.69, 9.17) is 0 Å². The maximum Gasteiger partial charge on any atom is 0.0107 e. The molecule has 1 fully saturated rings. The molecule has 1 saturated heterocycles. The lowest BCUT2D eigenvalue weighted by molar-refractivity contribution is 0.281. The molecular formula is C11H26Cl2N2. The number of hydrogen-bond acceptors (Lipinski definition) is 2. The molecule has 1 heterocycles. The summed E-state index contributed by atoms with van der Waals surface area (Å²) >= 11 is 0. The zero-order valence-corrected chi connectivity index (χ0v) is 11.6. The first-order chi connectivity index (χ1) is 6.29. The molecule has 4 heteroatoms. The van der Waals surface area contributed by atoms with Crippen LogP contribution >= 0.6 is 24.8 Å². The van der Waals surface area contributed by atoms with Gasteiger partial charge in [-0.2, -0.15) is 0 Å². The first-order valence-corrected chi connectivity index (χ1v) is 5.75. The summed E-state index contributed by atoms with van der Waals surface area (Å²) in [5, 5.41) is 3.47. The molecule has 0 saturated carbocycles. The average molecular weight is 257 g/mol. The van der Waals surface area contributed by atoms with Gasteiger partial charge in [0.25, 0.3) is 0 Å². The Balaban J connectivity index is 0. The van der Waals surface area contributed by atoms with Crippen molar-refractivity contribution in [3.8, 4) is 0 Å². The highest BCUT2D eigenvalue weighted by Gasteiger charge is 2.07. The van der Waals surface area contributed by atoms with Crippen LogP contribution in [-0.4, -0.2) is 37.1 Å². The van der Waals surface area contributed by atoms with E-state index in [9.17, 15) is 0 Å². The second kappa shape index (κ2) is 11.0. The van der Waals surface area contributed by atoms with Crippen LogP contribution in [0.25, 0.3) is 0 Å². The minimum atomic E-state index is 0. The minimum Gasteiger partial charge on any atom is -0.313 e. The zero-order valence-electron chi connectivity index (χ0n) is 10.00. The fourth-order valence-electron chi connectivity index (χ4n) is 1.87. The standard InChI is InChI=1S/C11H24N2.2ClH/c1-11(2)12-7-10-13-8-5-3-4-6-9-13;;/h11-12H,3-10H2,1-2H3;2*1H. The third-order valence-electron chi connectivity index (χ3n) is 2.68. The summed E-state index contributed by atoms with van der Waals surface area (Å²) in [6, 6.07) is 0.631. The minimum absolute atomic E-state index is 0. The van der Waals surface area contributed by atoms with Gasteiger partial charge in [-0.15, -0.1) is 24.8 Å². The first kappa shape index (κ1) is 17.9. The monoisotopic (exact) mass is 256 g/mol. The normalized spacial score (nSPS) is 17.8. The zero-order chi connectivity index (χ0) is 9.52. The van der Waals surface area contributed by atoms with Crippen LogP contribution in [0.4, 0.5) is 0 Å². The lowest BCUT2D eigenvalue weighted by atomic mass is 10.2. The molecule has 0 aliphatic carbocycles. The quantitative estimate of drug-likeness (QED) is 0.833. The van der Waals surface area contributed by atoms with Crippen LogP contribution in [0, 0.1) is 0 Å². The fourth-order valence-corrected chi connectivity index (χ4v) is 1.87. The summed E-state index contributed by atoms with van der Waals surface area (Å²) in [6.45, 7) is 9.44. The van der Waals surface area contributed by atoms with Crippen LogP contribution in [0.1, 0.15) is 39.5 Å². The smallest absolute Gasteiger partial charge is 0.0107 e. The largest absolute Gasteiger partial charge is 0.313 e. The predicted octanol–water partition coefficient (Wildman–Crippen LogP) is 2.70. The number of rotatable bonds is 4. The maximum atomic E-state index is 3.47. The summed E-state index contributed by atoms with van der Waals surface area (Å²) in [6.07, 6.45) is 5.69. The van der Waals surface area contributed by atoms with Crippen LogP contribution in [0.3, 0.4) is 0 Å². The Morgan fingerprint density at radius 2 is 1.53 bits per heavy atom. The highest BCUT2D eigenvalue weighted by atomic mass is 35.5. The van der Waals surface area contributed by atoms with Crippen LogP contribution in [0.5, 0.6) is 0 Å². The molecule has 1 aliphatic rings. The van der Waals surface area contributed by atoms with Crippen molar-refractivity contribution in [2.45, 2.75) is 45.6 Å². The Hall–Kier alpha value is 0.500. The molecule has 0 unspecified atom stereocenters. The lowest BCUT2D eigenvalue weighted by Crippen LogP contribution is -2.35. The molecule has 0 spiro atoms. The summed E-state index contributed by atoms with van der Waals surface area (Å²) in [7, 11) is 0. The molecule has 1 rings (SSSR count). The molecule has 1 N–H and O–H groups in total. The topological polar surface area (TPSA) is 15.3 Å². The van der Waals surface area contributed by atoms with Crippen molar-refractivity contribution in [1.82, 2.24) is 10.2 Å². The molecule has 0 aromatic carbocycles. The average Bonchev–Trinajstić information content (AvgIpc) is 2.32. The molecule has 0 aromatic rings. The predicted molar refractivity (Wildman–Crippen MR) is 72.5 cm³/mol. The highest BCUT2D eigenvalue weighted by molar-refractivity contribution is 5.85. The fraction of sp³-hybridized carbons (Fsp3) is 1.00. The van der Waals surface area contributed by atoms with Crippen LogP contribution in [0.15, 0.2) is 0 Å². The van der Waals surface area contributed by atoms with Gasteiger partial charge in [0.15, 0.2) is 0 Å². The third kappa shape index (κ3) is 9.43. The van der Waals surface area contributed by atoms with Crippen molar-refractivity contribution in [3.05, 3.63) is 0 Å². The molecule has 1 aliphatic heterocycles. The molecule has 0 atom stereocenters. The summed E-state index contributed by atoms with van der Waals surface area (Å²) in [5.41, 5.74) is 0. The van der Waals surface area contributed by atoms with Gasteiger partial charge in [0.05, 0.1) is 0 Å². The van der Waals surface area contributed by atoms with E-state index in [2.05, 4.69) is 24.1 Å². The molecule has 94 valence electrons. The van der Waals surface area contributed by atoms with Gasteiger partial charge >= 0.3 is 0 Å². The van der Waals surface area contributed by atoms with Crippen molar-refractivity contribution >= 4 is 24.8 Å². The van der Waals surface area contributed by atoms with Crippen molar-refractivity contribution in [1.29, 1.82) is 0 Å². The summed E-state index contributed by atoms with van der Waals surface area (Å²) in [4.78, 5) is 2.60. The van der Waals surface area contributed by atoms with E-state index >= 15 is 0 Å². The third-order valence-corrected chi connectivity index (χ3v) is 2.68. The number of nitrogens with zero attached hydrogens (tertiary/aromatic N) is 1. The van der Waals surface area contributed by atoms with E-state index < -0.39 is 0 Å². The van der Waals surface area contributed by atoms with E-state index in [1.54, 1.807) is 0 Å². The second-order valence-electron chi connectivity index (χ2n) is 4.36. The Morgan fingerprint density at radius 3 is 2.00 bits per heavy atom. The highest BCUT2D eigenvalue weighted by Crippen LogP contribution is 2.08. The molecular weight excluding hydrogens is 231 g/mol.